The number of likely N-dealkylation sites (tertiary alicyclic amines) is 1. The lowest BCUT2D eigenvalue weighted by Gasteiger charge is -2.25. The largest absolute Gasteiger partial charge is 0.484 e. The third-order valence-electron chi connectivity index (χ3n) is 5.87. The van der Waals surface area contributed by atoms with Gasteiger partial charge in [0, 0.05) is 26.1 Å². The normalized spacial score (nSPS) is 16.5. The van der Waals surface area contributed by atoms with Crippen molar-refractivity contribution >= 4 is 17.7 Å². The van der Waals surface area contributed by atoms with E-state index in [2.05, 4.69) is 10.6 Å². The van der Waals surface area contributed by atoms with Crippen molar-refractivity contribution in [3.05, 3.63) is 65.2 Å². The number of nitrogens with one attached hydrogen (secondary N) is 2. The van der Waals surface area contributed by atoms with Gasteiger partial charge in [0.15, 0.2) is 6.61 Å². The van der Waals surface area contributed by atoms with Crippen LogP contribution < -0.4 is 15.4 Å². The molecule has 1 aliphatic heterocycles. The predicted octanol–water partition coefficient (Wildman–Crippen LogP) is 2.52. The Labute approximate surface area is 189 Å². The molecule has 0 saturated carbocycles. The second kappa shape index (κ2) is 10.8. The number of rotatable bonds is 9. The van der Waals surface area contributed by atoms with E-state index in [9.17, 15) is 14.4 Å². The Morgan fingerprint density at radius 2 is 1.78 bits per heavy atom. The SMILES string of the molecule is Cc1ccc(OCC(=O)NCCNC(=O)C2CC(=O)N(C(C)c3ccccc3)C2)cc1C. The van der Waals surface area contributed by atoms with Crippen molar-refractivity contribution in [3.8, 4) is 5.75 Å². The molecule has 1 fully saturated rings. The maximum absolute atomic E-state index is 12.5. The van der Waals surface area contributed by atoms with E-state index < -0.39 is 0 Å². The van der Waals surface area contributed by atoms with E-state index in [-0.39, 0.29) is 42.7 Å². The highest BCUT2D eigenvalue weighted by Gasteiger charge is 2.36. The lowest BCUT2D eigenvalue weighted by molar-refractivity contribution is -0.130. The van der Waals surface area contributed by atoms with Crippen molar-refractivity contribution in [2.24, 2.45) is 5.92 Å². The number of carbonyl (C=O) groups excluding carboxylic acids is 3. The van der Waals surface area contributed by atoms with Crippen molar-refractivity contribution in [2.45, 2.75) is 33.2 Å². The number of carbonyl (C=O) groups is 3. The van der Waals surface area contributed by atoms with Gasteiger partial charge < -0.3 is 20.3 Å². The summed E-state index contributed by atoms with van der Waals surface area (Å²) in [4.78, 5) is 38.6. The first-order valence-electron chi connectivity index (χ1n) is 10.9. The summed E-state index contributed by atoms with van der Waals surface area (Å²) >= 11 is 0. The molecule has 7 heteroatoms. The highest BCUT2D eigenvalue weighted by Crippen LogP contribution is 2.28. The van der Waals surface area contributed by atoms with Crippen molar-refractivity contribution < 1.29 is 19.1 Å². The van der Waals surface area contributed by atoms with Crippen LogP contribution in [0, 0.1) is 19.8 Å². The number of benzene rings is 2. The van der Waals surface area contributed by atoms with Crippen molar-refractivity contribution in [1.82, 2.24) is 15.5 Å². The number of hydrogen-bond acceptors (Lipinski definition) is 4. The summed E-state index contributed by atoms with van der Waals surface area (Å²) in [5.41, 5.74) is 3.32. The van der Waals surface area contributed by atoms with Gasteiger partial charge in [-0.15, -0.1) is 0 Å². The molecule has 0 aliphatic carbocycles. The highest BCUT2D eigenvalue weighted by atomic mass is 16.5. The molecule has 1 aliphatic rings. The van der Waals surface area contributed by atoms with Crippen LogP contribution in [0.2, 0.25) is 0 Å². The first-order chi connectivity index (χ1) is 15.3. The molecule has 0 spiro atoms. The molecule has 170 valence electrons. The van der Waals surface area contributed by atoms with Gasteiger partial charge in [0.1, 0.15) is 5.75 Å². The summed E-state index contributed by atoms with van der Waals surface area (Å²) < 4.78 is 5.50. The molecule has 1 saturated heterocycles. The van der Waals surface area contributed by atoms with E-state index in [4.69, 9.17) is 4.74 Å². The molecule has 2 unspecified atom stereocenters. The average molecular weight is 438 g/mol. The monoisotopic (exact) mass is 437 g/mol. The molecule has 2 aromatic carbocycles. The summed E-state index contributed by atoms with van der Waals surface area (Å²) in [5, 5.41) is 5.54. The van der Waals surface area contributed by atoms with E-state index in [0.29, 0.717) is 25.4 Å². The minimum atomic E-state index is -0.377. The minimum Gasteiger partial charge on any atom is -0.484 e. The molecule has 32 heavy (non-hydrogen) atoms. The number of nitrogens with zero attached hydrogens (tertiary/aromatic N) is 1. The third kappa shape index (κ3) is 6.09. The maximum atomic E-state index is 12.5. The van der Waals surface area contributed by atoms with E-state index >= 15 is 0 Å². The Morgan fingerprint density at radius 1 is 1.06 bits per heavy atom. The summed E-state index contributed by atoms with van der Waals surface area (Å²) in [7, 11) is 0. The van der Waals surface area contributed by atoms with Crippen molar-refractivity contribution in [1.29, 1.82) is 0 Å². The molecule has 7 nitrogen and oxygen atoms in total. The van der Waals surface area contributed by atoms with Crippen molar-refractivity contribution in [2.75, 3.05) is 26.2 Å². The fraction of sp³-hybridized carbons (Fsp3) is 0.400. The van der Waals surface area contributed by atoms with Crippen LogP contribution >= 0.6 is 0 Å². The fourth-order valence-electron chi connectivity index (χ4n) is 3.73. The lowest BCUT2D eigenvalue weighted by atomic mass is 10.1. The minimum absolute atomic E-state index is 0.0155. The number of hydrogen-bond donors (Lipinski definition) is 2. The first kappa shape index (κ1) is 23.3. The summed E-state index contributed by atoms with van der Waals surface area (Å²) in [5.74, 6) is -0.161. The molecule has 2 atom stereocenters. The topological polar surface area (TPSA) is 87.7 Å². The van der Waals surface area contributed by atoms with Crippen LogP contribution in [0.3, 0.4) is 0 Å². The van der Waals surface area contributed by atoms with Crippen LogP contribution in [-0.4, -0.2) is 48.9 Å². The van der Waals surface area contributed by atoms with E-state index in [1.54, 1.807) is 4.90 Å². The quantitative estimate of drug-likeness (QED) is 0.590. The third-order valence-corrected chi connectivity index (χ3v) is 5.87. The van der Waals surface area contributed by atoms with E-state index in [1.165, 1.54) is 5.56 Å². The van der Waals surface area contributed by atoms with Crippen LogP contribution in [0.5, 0.6) is 5.75 Å². The lowest BCUT2D eigenvalue weighted by Crippen LogP contribution is -2.39. The Balaban J connectivity index is 1.36. The smallest absolute Gasteiger partial charge is 0.258 e. The van der Waals surface area contributed by atoms with Gasteiger partial charge >= 0.3 is 0 Å². The molecule has 0 bridgehead atoms. The van der Waals surface area contributed by atoms with Gasteiger partial charge in [0.2, 0.25) is 11.8 Å². The zero-order valence-corrected chi connectivity index (χ0v) is 18.9. The van der Waals surface area contributed by atoms with Crippen LogP contribution in [0.25, 0.3) is 0 Å². The Kier molecular flexibility index (Phi) is 7.87. The zero-order valence-electron chi connectivity index (χ0n) is 18.9. The highest BCUT2D eigenvalue weighted by molar-refractivity contribution is 5.89. The Morgan fingerprint density at radius 3 is 2.50 bits per heavy atom. The molecular formula is C25H31N3O4. The fourth-order valence-corrected chi connectivity index (χ4v) is 3.73. The molecule has 2 aromatic rings. The summed E-state index contributed by atoms with van der Waals surface area (Å²) in [6.45, 7) is 6.89. The van der Waals surface area contributed by atoms with E-state index in [0.717, 1.165) is 11.1 Å². The number of ether oxygens (including phenoxy) is 1. The van der Waals surface area contributed by atoms with Gasteiger partial charge in [-0.3, -0.25) is 14.4 Å². The Bertz CT molecular complexity index is 961. The van der Waals surface area contributed by atoms with E-state index in [1.807, 2.05) is 69.3 Å². The second-order valence-electron chi connectivity index (χ2n) is 8.21. The standard InChI is InChI=1S/C25H31N3O4/c1-17-9-10-22(13-18(17)2)32-16-23(29)26-11-12-27-25(31)21-14-24(30)28(15-21)19(3)20-7-5-4-6-8-20/h4-10,13,19,21H,11-12,14-16H2,1-3H3,(H,26,29)(H,27,31). The van der Waals surface area contributed by atoms with Crippen molar-refractivity contribution in [3.63, 3.8) is 0 Å². The van der Waals surface area contributed by atoms with Gasteiger partial charge in [0.05, 0.1) is 12.0 Å². The molecule has 1 heterocycles. The first-order valence-corrected chi connectivity index (χ1v) is 10.9. The maximum Gasteiger partial charge on any atom is 0.258 e. The summed E-state index contributed by atoms with van der Waals surface area (Å²) in [6.07, 6.45) is 0.208. The number of amides is 3. The molecule has 3 rings (SSSR count). The number of aryl methyl sites for hydroxylation is 2. The van der Waals surface area contributed by atoms with Crippen LogP contribution in [0.4, 0.5) is 0 Å². The summed E-state index contributed by atoms with van der Waals surface area (Å²) in [6, 6.07) is 15.4. The molecular weight excluding hydrogens is 406 g/mol. The van der Waals surface area contributed by atoms with Gasteiger partial charge in [0.25, 0.3) is 5.91 Å². The van der Waals surface area contributed by atoms with Crippen LogP contribution in [-0.2, 0) is 14.4 Å². The van der Waals surface area contributed by atoms with Gasteiger partial charge in [-0.05, 0) is 49.6 Å². The average Bonchev–Trinajstić information content (AvgIpc) is 3.19. The van der Waals surface area contributed by atoms with Gasteiger partial charge in [-0.1, -0.05) is 36.4 Å². The predicted molar refractivity (Wildman–Crippen MR) is 122 cm³/mol. The Hall–Kier alpha value is -3.35. The van der Waals surface area contributed by atoms with Crippen LogP contribution in [0.1, 0.15) is 36.1 Å². The zero-order chi connectivity index (χ0) is 23.1. The second-order valence-corrected chi connectivity index (χ2v) is 8.21. The van der Waals surface area contributed by atoms with Crippen LogP contribution in [0.15, 0.2) is 48.5 Å². The van der Waals surface area contributed by atoms with Gasteiger partial charge in [-0.2, -0.15) is 0 Å². The molecule has 2 N–H and O–H groups in total. The molecule has 0 radical (unpaired) electrons. The van der Waals surface area contributed by atoms with Gasteiger partial charge in [-0.25, -0.2) is 0 Å². The molecule has 0 aromatic heterocycles. The molecule has 3 amide bonds.